The van der Waals surface area contributed by atoms with Crippen molar-refractivity contribution < 1.29 is 0 Å². The predicted molar refractivity (Wildman–Crippen MR) is 114 cm³/mol. The van der Waals surface area contributed by atoms with Crippen LogP contribution in [0.25, 0.3) is 53.1 Å². The minimum Gasteiger partial charge on any atom is -0.353 e. The van der Waals surface area contributed by atoms with E-state index in [2.05, 4.69) is 89.9 Å². The number of hydrogen-bond acceptors (Lipinski definition) is 1. The molecule has 0 amide bonds. The molecule has 26 heavy (non-hydrogen) atoms. The fraction of sp³-hybridized carbons (Fsp3) is 0. The Morgan fingerprint density at radius 1 is 0.577 bits per heavy atom. The lowest BCUT2D eigenvalue weighted by molar-refractivity contribution is 1.58. The Labute approximate surface area is 154 Å². The Balaban J connectivity index is 1.71. The molecule has 0 bridgehead atoms. The fourth-order valence-electron chi connectivity index (χ4n) is 3.94. The highest BCUT2D eigenvalue weighted by Crippen LogP contribution is 2.41. The molecule has 2 heterocycles. The zero-order valence-electron chi connectivity index (χ0n) is 14.0. The summed E-state index contributed by atoms with van der Waals surface area (Å²) in [4.78, 5) is 3.73. The number of nitrogens with one attached hydrogen (secondary N) is 1. The van der Waals surface area contributed by atoms with Gasteiger partial charge in [0.05, 0.1) is 15.7 Å². The van der Waals surface area contributed by atoms with Crippen molar-refractivity contribution >= 4 is 53.3 Å². The van der Waals surface area contributed by atoms with Crippen LogP contribution in [0.2, 0.25) is 0 Å². The number of rotatable bonds is 1. The van der Waals surface area contributed by atoms with Gasteiger partial charge in [-0.25, -0.2) is 0 Å². The molecule has 0 aliphatic carbocycles. The molecular weight excluding hydrogens is 334 g/mol. The van der Waals surface area contributed by atoms with Crippen molar-refractivity contribution in [1.82, 2.24) is 4.98 Å². The third kappa shape index (κ3) is 1.91. The van der Waals surface area contributed by atoms with Crippen LogP contribution in [0.1, 0.15) is 0 Å². The van der Waals surface area contributed by atoms with Crippen LogP contribution in [0.5, 0.6) is 0 Å². The van der Waals surface area contributed by atoms with E-state index in [1.807, 2.05) is 11.3 Å². The largest absolute Gasteiger partial charge is 0.353 e. The van der Waals surface area contributed by atoms with Crippen molar-refractivity contribution in [2.24, 2.45) is 0 Å². The normalized spacial score (nSPS) is 11.8. The molecule has 0 saturated heterocycles. The van der Waals surface area contributed by atoms with Gasteiger partial charge in [0, 0.05) is 20.9 Å². The average Bonchev–Trinajstić information content (AvgIpc) is 3.24. The van der Waals surface area contributed by atoms with Gasteiger partial charge in [-0.3, -0.25) is 0 Å². The van der Waals surface area contributed by atoms with E-state index in [0.29, 0.717) is 0 Å². The van der Waals surface area contributed by atoms with Gasteiger partial charge < -0.3 is 4.98 Å². The summed E-state index contributed by atoms with van der Waals surface area (Å²) in [6, 6.07) is 30.5. The van der Waals surface area contributed by atoms with Crippen LogP contribution in [0.3, 0.4) is 0 Å². The number of aromatic nitrogens is 1. The van der Waals surface area contributed by atoms with E-state index in [4.69, 9.17) is 0 Å². The summed E-state index contributed by atoms with van der Waals surface area (Å²) in [5.74, 6) is 0. The molecule has 0 saturated carbocycles. The summed E-state index contributed by atoms with van der Waals surface area (Å²) in [6.45, 7) is 0. The van der Waals surface area contributed by atoms with E-state index in [1.54, 1.807) is 0 Å². The van der Waals surface area contributed by atoms with Crippen molar-refractivity contribution in [3.63, 3.8) is 0 Å². The van der Waals surface area contributed by atoms with Crippen molar-refractivity contribution in [2.45, 2.75) is 0 Å². The molecule has 0 aliphatic heterocycles. The Bertz CT molecular complexity index is 1420. The number of thiophene rings is 1. The quantitative estimate of drug-likeness (QED) is 0.319. The third-order valence-electron chi connectivity index (χ3n) is 5.22. The fourth-order valence-corrected chi connectivity index (χ4v) is 5.11. The highest BCUT2D eigenvalue weighted by molar-refractivity contribution is 7.26. The highest BCUT2D eigenvalue weighted by Gasteiger charge is 2.13. The minimum atomic E-state index is 1.25. The molecule has 1 nitrogen and oxygen atoms in total. The minimum absolute atomic E-state index is 1.25. The molecule has 1 N–H and O–H groups in total. The number of fused-ring (bicyclic) bond motifs is 7. The van der Waals surface area contributed by atoms with E-state index in [9.17, 15) is 0 Å². The van der Waals surface area contributed by atoms with Gasteiger partial charge in [0.1, 0.15) is 0 Å². The molecule has 0 atom stereocenters. The summed E-state index contributed by atoms with van der Waals surface area (Å²) in [5, 5.41) is 5.21. The summed E-state index contributed by atoms with van der Waals surface area (Å²) >= 11 is 1.88. The van der Waals surface area contributed by atoms with Crippen LogP contribution >= 0.6 is 11.3 Å². The Hall–Kier alpha value is -3.10. The van der Waals surface area contributed by atoms with E-state index >= 15 is 0 Å². The zero-order valence-corrected chi connectivity index (χ0v) is 14.8. The molecule has 0 fully saturated rings. The maximum atomic E-state index is 3.73. The number of hydrogen-bond donors (Lipinski definition) is 1. The van der Waals surface area contributed by atoms with Crippen molar-refractivity contribution in [2.75, 3.05) is 0 Å². The second-order valence-corrected chi connectivity index (χ2v) is 7.77. The lowest BCUT2D eigenvalue weighted by atomic mass is 10.0. The summed E-state index contributed by atoms with van der Waals surface area (Å²) in [7, 11) is 0. The first kappa shape index (κ1) is 14.1. The Morgan fingerprint density at radius 2 is 1.42 bits per heavy atom. The van der Waals surface area contributed by atoms with E-state index in [1.165, 1.54) is 53.1 Å². The molecule has 0 unspecified atom stereocenters. The van der Waals surface area contributed by atoms with Gasteiger partial charge in [0.2, 0.25) is 0 Å². The number of H-pyrrole nitrogens is 1. The zero-order chi connectivity index (χ0) is 17.1. The van der Waals surface area contributed by atoms with Crippen LogP contribution in [0.15, 0.2) is 84.9 Å². The number of benzene rings is 4. The molecule has 0 radical (unpaired) electrons. The van der Waals surface area contributed by atoms with Gasteiger partial charge in [0.15, 0.2) is 0 Å². The third-order valence-corrected chi connectivity index (χ3v) is 6.42. The van der Waals surface area contributed by atoms with Crippen molar-refractivity contribution in [3.8, 4) is 11.1 Å². The number of aromatic amines is 1. The van der Waals surface area contributed by atoms with Gasteiger partial charge in [-0.1, -0.05) is 72.8 Å². The molecule has 0 spiro atoms. The SMILES string of the molecule is c1ccc(-c2ccc3sc4c5ccc6ccccc6c5[nH]c4c3c2)cc1. The van der Waals surface area contributed by atoms with Gasteiger partial charge in [0.25, 0.3) is 0 Å². The molecule has 2 heteroatoms. The first-order valence-corrected chi connectivity index (χ1v) is 9.61. The molecule has 122 valence electrons. The van der Waals surface area contributed by atoms with E-state index in [-0.39, 0.29) is 0 Å². The Morgan fingerprint density at radius 3 is 2.35 bits per heavy atom. The van der Waals surface area contributed by atoms with Crippen LogP contribution in [0, 0.1) is 0 Å². The lowest BCUT2D eigenvalue weighted by Crippen LogP contribution is -1.77. The summed E-state index contributed by atoms with van der Waals surface area (Å²) in [6.07, 6.45) is 0. The average molecular weight is 349 g/mol. The smallest absolute Gasteiger partial charge is 0.0654 e. The van der Waals surface area contributed by atoms with Gasteiger partial charge in [-0.15, -0.1) is 11.3 Å². The van der Waals surface area contributed by atoms with E-state index in [0.717, 1.165) is 0 Å². The second-order valence-electron chi connectivity index (χ2n) is 6.72. The molecular formula is C24H15NS. The maximum absolute atomic E-state index is 3.73. The lowest BCUT2D eigenvalue weighted by Gasteiger charge is -2.02. The van der Waals surface area contributed by atoms with Crippen molar-refractivity contribution in [3.05, 3.63) is 84.9 Å². The first-order valence-electron chi connectivity index (χ1n) is 8.79. The summed E-state index contributed by atoms with van der Waals surface area (Å²) < 4.78 is 2.69. The van der Waals surface area contributed by atoms with Crippen molar-refractivity contribution in [1.29, 1.82) is 0 Å². The van der Waals surface area contributed by atoms with Crippen LogP contribution < -0.4 is 0 Å². The molecule has 0 aliphatic rings. The molecule has 6 aromatic rings. The van der Waals surface area contributed by atoms with Crippen LogP contribution in [0.4, 0.5) is 0 Å². The molecule has 2 aromatic heterocycles. The molecule has 4 aromatic carbocycles. The monoisotopic (exact) mass is 349 g/mol. The van der Waals surface area contributed by atoms with Crippen LogP contribution in [-0.2, 0) is 0 Å². The molecule has 6 rings (SSSR count). The standard InChI is InChI=1S/C24H15NS/c1-2-6-15(7-3-1)17-11-13-21-20(14-17)23-24(26-21)19-12-10-16-8-4-5-9-18(16)22(19)25-23/h1-14,25H. The topological polar surface area (TPSA) is 15.8 Å². The second kappa shape index (κ2) is 5.20. The van der Waals surface area contributed by atoms with Gasteiger partial charge in [-0.05, 0) is 28.6 Å². The van der Waals surface area contributed by atoms with Crippen LogP contribution in [-0.4, -0.2) is 4.98 Å². The first-order chi connectivity index (χ1) is 12.9. The summed E-state index contributed by atoms with van der Waals surface area (Å²) in [5.41, 5.74) is 5.03. The highest BCUT2D eigenvalue weighted by atomic mass is 32.1. The Kier molecular flexibility index (Phi) is 2.82. The van der Waals surface area contributed by atoms with E-state index < -0.39 is 0 Å². The maximum Gasteiger partial charge on any atom is 0.0654 e. The van der Waals surface area contributed by atoms with Gasteiger partial charge >= 0.3 is 0 Å². The van der Waals surface area contributed by atoms with Gasteiger partial charge in [-0.2, -0.15) is 0 Å². The predicted octanol–water partition coefficient (Wildman–Crippen LogP) is 7.36.